The topological polar surface area (TPSA) is 59.4 Å². The highest BCUT2D eigenvalue weighted by atomic mass is 15.2. The second-order valence-corrected chi connectivity index (χ2v) is 5.25. The Kier molecular flexibility index (Phi) is 4.04. The summed E-state index contributed by atoms with van der Waals surface area (Å²) in [4.78, 5) is 11.0. The Hall–Kier alpha value is -1.62. The molecule has 1 fully saturated rings. The number of aliphatic imine (C=N–C) groups is 1. The minimum atomic E-state index is 0.241. The summed E-state index contributed by atoms with van der Waals surface area (Å²) in [6, 6.07) is 0.571. The van der Waals surface area contributed by atoms with Crippen LogP contribution in [0.1, 0.15) is 38.9 Å². The SMILES string of the molecule is C=C(c1c(/N=C\C)ncn1C(C)C)N1CCC(N)C1. The molecule has 19 heavy (non-hydrogen) atoms. The van der Waals surface area contributed by atoms with Crippen LogP contribution in [-0.4, -0.2) is 39.8 Å². The first kappa shape index (κ1) is 13.8. The van der Waals surface area contributed by atoms with E-state index in [9.17, 15) is 0 Å². The molecule has 0 aromatic carbocycles. The molecule has 1 unspecified atom stereocenters. The smallest absolute Gasteiger partial charge is 0.179 e. The van der Waals surface area contributed by atoms with Gasteiger partial charge in [-0.3, -0.25) is 0 Å². The maximum absolute atomic E-state index is 5.98. The van der Waals surface area contributed by atoms with Crippen molar-refractivity contribution in [3.63, 3.8) is 0 Å². The summed E-state index contributed by atoms with van der Waals surface area (Å²) in [5.74, 6) is 0.738. The van der Waals surface area contributed by atoms with Crippen LogP contribution in [0.15, 0.2) is 17.9 Å². The maximum atomic E-state index is 5.98. The minimum Gasteiger partial charge on any atom is -0.369 e. The van der Waals surface area contributed by atoms with Gasteiger partial charge in [0, 0.05) is 31.4 Å². The first-order valence-corrected chi connectivity index (χ1v) is 6.80. The largest absolute Gasteiger partial charge is 0.369 e. The fourth-order valence-corrected chi connectivity index (χ4v) is 2.42. The molecular formula is C14H23N5. The third-order valence-electron chi connectivity index (χ3n) is 3.46. The van der Waals surface area contributed by atoms with Crippen molar-refractivity contribution < 1.29 is 0 Å². The van der Waals surface area contributed by atoms with Crippen LogP contribution in [0.3, 0.4) is 0 Å². The van der Waals surface area contributed by atoms with Crippen molar-refractivity contribution in [3.8, 4) is 0 Å². The zero-order chi connectivity index (χ0) is 14.0. The molecule has 2 rings (SSSR count). The third-order valence-corrected chi connectivity index (χ3v) is 3.46. The Balaban J connectivity index is 2.35. The number of likely N-dealkylation sites (tertiary alicyclic amines) is 1. The van der Waals surface area contributed by atoms with Crippen molar-refractivity contribution in [1.82, 2.24) is 14.5 Å². The quantitative estimate of drug-likeness (QED) is 0.845. The van der Waals surface area contributed by atoms with E-state index in [2.05, 4.69) is 39.9 Å². The van der Waals surface area contributed by atoms with E-state index in [0.29, 0.717) is 6.04 Å². The van der Waals surface area contributed by atoms with Gasteiger partial charge in [0.1, 0.15) is 5.69 Å². The monoisotopic (exact) mass is 261 g/mol. The molecule has 5 nitrogen and oxygen atoms in total. The van der Waals surface area contributed by atoms with Gasteiger partial charge in [-0.1, -0.05) is 6.58 Å². The molecule has 2 N–H and O–H groups in total. The lowest BCUT2D eigenvalue weighted by molar-refractivity contribution is 0.475. The van der Waals surface area contributed by atoms with Crippen LogP contribution in [0.5, 0.6) is 0 Å². The van der Waals surface area contributed by atoms with E-state index in [1.807, 2.05) is 13.3 Å². The van der Waals surface area contributed by atoms with Crippen molar-refractivity contribution in [2.45, 2.75) is 39.3 Å². The van der Waals surface area contributed by atoms with Crippen LogP contribution in [0.25, 0.3) is 5.70 Å². The van der Waals surface area contributed by atoms with Gasteiger partial charge in [0.2, 0.25) is 0 Å². The van der Waals surface area contributed by atoms with Gasteiger partial charge in [0.15, 0.2) is 5.82 Å². The Morgan fingerprint density at radius 1 is 1.63 bits per heavy atom. The molecule has 0 radical (unpaired) electrons. The standard InChI is InChI=1S/C14H23N5/c1-5-16-14-13(19(9-17-14)10(2)3)11(4)18-7-6-12(15)8-18/h5,9-10,12H,4,6-8,15H2,1-3H3/b16-5-. The molecule has 5 heteroatoms. The van der Waals surface area contributed by atoms with Gasteiger partial charge < -0.3 is 15.2 Å². The summed E-state index contributed by atoms with van der Waals surface area (Å²) < 4.78 is 2.12. The van der Waals surface area contributed by atoms with E-state index in [0.717, 1.165) is 36.7 Å². The summed E-state index contributed by atoms with van der Waals surface area (Å²) in [5, 5.41) is 0. The molecule has 0 saturated carbocycles. The highest BCUT2D eigenvalue weighted by Crippen LogP contribution is 2.30. The molecule has 1 aromatic heterocycles. The lowest BCUT2D eigenvalue weighted by Crippen LogP contribution is -2.26. The van der Waals surface area contributed by atoms with Crippen molar-refractivity contribution in [2.75, 3.05) is 13.1 Å². The van der Waals surface area contributed by atoms with Gasteiger partial charge in [0.25, 0.3) is 0 Å². The molecule has 1 aromatic rings. The van der Waals surface area contributed by atoms with E-state index in [1.54, 1.807) is 6.21 Å². The fourth-order valence-electron chi connectivity index (χ4n) is 2.42. The Morgan fingerprint density at radius 2 is 2.37 bits per heavy atom. The third kappa shape index (κ3) is 2.71. The van der Waals surface area contributed by atoms with Gasteiger partial charge in [-0.25, -0.2) is 9.98 Å². The molecule has 0 aliphatic carbocycles. The molecular weight excluding hydrogens is 238 g/mol. The highest BCUT2D eigenvalue weighted by molar-refractivity contribution is 5.71. The molecule has 0 bridgehead atoms. The summed E-state index contributed by atoms with van der Waals surface area (Å²) in [5.41, 5.74) is 7.95. The molecule has 104 valence electrons. The van der Waals surface area contributed by atoms with Crippen molar-refractivity contribution in [1.29, 1.82) is 0 Å². The molecule has 0 amide bonds. The van der Waals surface area contributed by atoms with Crippen molar-refractivity contribution in [3.05, 3.63) is 18.6 Å². The van der Waals surface area contributed by atoms with Crippen LogP contribution in [0.2, 0.25) is 0 Å². The van der Waals surface area contributed by atoms with Crippen LogP contribution in [-0.2, 0) is 0 Å². The lowest BCUT2D eigenvalue weighted by Gasteiger charge is -2.23. The van der Waals surface area contributed by atoms with E-state index in [-0.39, 0.29) is 6.04 Å². The van der Waals surface area contributed by atoms with Gasteiger partial charge in [-0.2, -0.15) is 0 Å². The zero-order valence-electron chi connectivity index (χ0n) is 12.0. The van der Waals surface area contributed by atoms with Gasteiger partial charge in [-0.15, -0.1) is 0 Å². The summed E-state index contributed by atoms with van der Waals surface area (Å²) in [6.07, 6.45) is 4.62. The van der Waals surface area contributed by atoms with Gasteiger partial charge in [-0.05, 0) is 27.2 Å². The number of hydrogen-bond donors (Lipinski definition) is 1. The van der Waals surface area contributed by atoms with Gasteiger partial charge >= 0.3 is 0 Å². The number of rotatable bonds is 4. The Bertz CT molecular complexity index is 486. The summed E-state index contributed by atoms with van der Waals surface area (Å²) in [7, 11) is 0. The second-order valence-electron chi connectivity index (χ2n) is 5.25. The average Bonchev–Trinajstić information content (AvgIpc) is 2.95. The maximum Gasteiger partial charge on any atom is 0.179 e. The minimum absolute atomic E-state index is 0.241. The molecule has 0 spiro atoms. The predicted octanol–water partition coefficient (Wildman–Crippen LogP) is 2.19. The Labute approximate surface area is 114 Å². The van der Waals surface area contributed by atoms with E-state index >= 15 is 0 Å². The van der Waals surface area contributed by atoms with Crippen molar-refractivity contribution in [2.24, 2.45) is 10.7 Å². The predicted molar refractivity (Wildman–Crippen MR) is 79.6 cm³/mol. The molecule has 1 aliphatic rings. The zero-order valence-corrected chi connectivity index (χ0v) is 12.0. The number of nitrogens with two attached hydrogens (primary N) is 1. The van der Waals surface area contributed by atoms with Crippen LogP contribution >= 0.6 is 0 Å². The molecule has 1 atom stereocenters. The van der Waals surface area contributed by atoms with Crippen LogP contribution in [0.4, 0.5) is 5.82 Å². The molecule has 2 heterocycles. The van der Waals surface area contributed by atoms with Crippen molar-refractivity contribution >= 4 is 17.7 Å². The average molecular weight is 261 g/mol. The fraction of sp³-hybridized carbons (Fsp3) is 0.571. The first-order chi connectivity index (χ1) is 9.04. The number of aromatic nitrogens is 2. The van der Waals surface area contributed by atoms with E-state index < -0.39 is 0 Å². The number of nitrogens with zero attached hydrogens (tertiary/aromatic N) is 4. The molecule has 1 saturated heterocycles. The number of imidazole rings is 1. The highest BCUT2D eigenvalue weighted by Gasteiger charge is 2.25. The van der Waals surface area contributed by atoms with Gasteiger partial charge in [0.05, 0.1) is 12.0 Å². The van der Waals surface area contributed by atoms with E-state index in [1.165, 1.54) is 0 Å². The number of hydrogen-bond acceptors (Lipinski definition) is 4. The first-order valence-electron chi connectivity index (χ1n) is 6.80. The van der Waals surface area contributed by atoms with E-state index in [4.69, 9.17) is 5.73 Å². The molecule has 1 aliphatic heterocycles. The van der Waals surface area contributed by atoms with Crippen LogP contribution in [0, 0.1) is 0 Å². The van der Waals surface area contributed by atoms with Crippen LogP contribution < -0.4 is 5.73 Å². The lowest BCUT2D eigenvalue weighted by atomic mass is 10.2. The second kappa shape index (κ2) is 5.57. The normalized spacial score (nSPS) is 19.8. The summed E-state index contributed by atoms with van der Waals surface area (Å²) >= 11 is 0. The summed E-state index contributed by atoms with van der Waals surface area (Å²) in [6.45, 7) is 12.2. The Morgan fingerprint density at radius 3 is 2.89 bits per heavy atom.